The molecule has 0 saturated heterocycles. The van der Waals surface area contributed by atoms with Crippen LogP contribution in [0.2, 0.25) is 0 Å². The first-order chi connectivity index (χ1) is 9.28. The van der Waals surface area contributed by atoms with Crippen LogP contribution in [0.25, 0.3) is 16.9 Å². The first-order valence-electron chi connectivity index (χ1n) is 6.19. The summed E-state index contributed by atoms with van der Waals surface area (Å²) in [6.45, 7) is 2.92. The third-order valence-corrected chi connectivity index (χ3v) is 3.04. The van der Waals surface area contributed by atoms with Gasteiger partial charge < -0.3 is 5.73 Å². The average Bonchev–Trinajstić information content (AvgIpc) is 3.07. The minimum Gasteiger partial charge on any atom is -0.399 e. The summed E-state index contributed by atoms with van der Waals surface area (Å²) in [7, 11) is 0. The number of benzene rings is 1. The number of nitrogen functional groups attached to an aromatic ring is 1. The molecule has 0 amide bonds. The highest BCUT2D eigenvalue weighted by Gasteiger charge is 2.09. The van der Waals surface area contributed by atoms with E-state index >= 15 is 0 Å². The zero-order valence-electron chi connectivity index (χ0n) is 10.7. The molecule has 3 aromatic rings. The highest BCUT2D eigenvalue weighted by Crippen LogP contribution is 2.23. The number of nitrogens with two attached hydrogens (primary N) is 1. The maximum atomic E-state index is 5.83. The molecule has 0 bridgehead atoms. The summed E-state index contributed by atoms with van der Waals surface area (Å²) in [5, 5.41) is 4.29. The predicted octanol–water partition coefficient (Wildman–Crippen LogP) is 2.34. The SMILES string of the molecule is CCn1cc(-c2cncn2-c2cccc(N)c2)cn1. The molecule has 96 valence electrons. The van der Waals surface area contributed by atoms with Gasteiger partial charge >= 0.3 is 0 Å². The fourth-order valence-corrected chi connectivity index (χ4v) is 2.06. The molecule has 0 fully saturated rings. The molecule has 19 heavy (non-hydrogen) atoms. The monoisotopic (exact) mass is 253 g/mol. The Labute approximate surface area is 111 Å². The Kier molecular flexibility index (Phi) is 2.79. The number of anilines is 1. The molecule has 0 spiro atoms. The normalized spacial score (nSPS) is 10.8. The Morgan fingerprint density at radius 3 is 2.89 bits per heavy atom. The van der Waals surface area contributed by atoms with Crippen molar-refractivity contribution in [2.24, 2.45) is 0 Å². The molecular weight excluding hydrogens is 238 g/mol. The topological polar surface area (TPSA) is 61.7 Å². The summed E-state index contributed by atoms with van der Waals surface area (Å²) in [4.78, 5) is 4.22. The van der Waals surface area contributed by atoms with Crippen molar-refractivity contribution >= 4 is 5.69 Å². The highest BCUT2D eigenvalue weighted by molar-refractivity contribution is 5.61. The standard InChI is InChI=1S/C14H15N5/c1-2-18-9-11(7-17-18)14-8-16-10-19(14)13-5-3-4-12(15)6-13/h3-10H,2,15H2,1H3. The van der Waals surface area contributed by atoms with Crippen LogP contribution >= 0.6 is 0 Å². The van der Waals surface area contributed by atoms with Gasteiger partial charge in [-0.25, -0.2) is 4.98 Å². The third kappa shape index (κ3) is 2.10. The van der Waals surface area contributed by atoms with Gasteiger partial charge in [-0.15, -0.1) is 0 Å². The number of hydrogen-bond acceptors (Lipinski definition) is 3. The van der Waals surface area contributed by atoms with E-state index in [1.165, 1.54) is 0 Å². The van der Waals surface area contributed by atoms with Gasteiger partial charge in [-0.05, 0) is 25.1 Å². The van der Waals surface area contributed by atoms with Crippen LogP contribution in [0.5, 0.6) is 0 Å². The van der Waals surface area contributed by atoms with E-state index in [2.05, 4.69) is 17.0 Å². The van der Waals surface area contributed by atoms with Crippen molar-refractivity contribution < 1.29 is 0 Å². The smallest absolute Gasteiger partial charge is 0.0997 e. The highest BCUT2D eigenvalue weighted by atomic mass is 15.3. The number of nitrogens with zero attached hydrogens (tertiary/aromatic N) is 4. The van der Waals surface area contributed by atoms with E-state index < -0.39 is 0 Å². The fourth-order valence-electron chi connectivity index (χ4n) is 2.06. The predicted molar refractivity (Wildman–Crippen MR) is 74.9 cm³/mol. The Balaban J connectivity index is 2.07. The summed E-state index contributed by atoms with van der Waals surface area (Å²) in [6.07, 6.45) is 7.48. The van der Waals surface area contributed by atoms with Gasteiger partial charge in [0.15, 0.2) is 0 Å². The second kappa shape index (κ2) is 4.61. The van der Waals surface area contributed by atoms with E-state index in [0.717, 1.165) is 29.2 Å². The van der Waals surface area contributed by atoms with Crippen molar-refractivity contribution in [3.8, 4) is 16.9 Å². The number of rotatable bonds is 3. The van der Waals surface area contributed by atoms with Gasteiger partial charge in [0.25, 0.3) is 0 Å². The van der Waals surface area contributed by atoms with Crippen molar-refractivity contribution in [1.29, 1.82) is 0 Å². The quantitative estimate of drug-likeness (QED) is 0.729. The summed E-state index contributed by atoms with van der Waals surface area (Å²) >= 11 is 0. The lowest BCUT2D eigenvalue weighted by Gasteiger charge is -2.07. The zero-order chi connectivity index (χ0) is 13.2. The molecule has 0 saturated carbocycles. The Morgan fingerprint density at radius 1 is 1.26 bits per heavy atom. The van der Waals surface area contributed by atoms with Crippen molar-refractivity contribution in [2.45, 2.75) is 13.5 Å². The van der Waals surface area contributed by atoms with Crippen LogP contribution in [0, 0.1) is 0 Å². The first kappa shape index (κ1) is 11.5. The van der Waals surface area contributed by atoms with Crippen LogP contribution in [0.4, 0.5) is 5.69 Å². The second-order valence-corrected chi connectivity index (χ2v) is 4.33. The third-order valence-electron chi connectivity index (χ3n) is 3.04. The van der Waals surface area contributed by atoms with Crippen LogP contribution in [-0.4, -0.2) is 19.3 Å². The Bertz CT molecular complexity index is 695. The van der Waals surface area contributed by atoms with E-state index in [-0.39, 0.29) is 0 Å². The fraction of sp³-hybridized carbons (Fsp3) is 0.143. The molecule has 2 aromatic heterocycles. The van der Waals surface area contributed by atoms with Gasteiger partial charge in [-0.3, -0.25) is 9.25 Å². The van der Waals surface area contributed by atoms with Gasteiger partial charge in [0.1, 0.15) is 0 Å². The molecule has 0 aliphatic rings. The molecule has 5 heteroatoms. The van der Waals surface area contributed by atoms with Crippen molar-refractivity contribution in [3.63, 3.8) is 0 Å². The second-order valence-electron chi connectivity index (χ2n) is 4.33. The van der Waals surface area contributed by atoms with Crippen LogP contribution in [0.1, 0.15) is 6.92 Å². The molecule has 2 heterocycles. The van der Waals surface area contributed by atoms with Gasteiger partial charge in [0, 0.05) is 29.7 Å². The summed E-state index contributed by atoms with van der Waals surface area (Å²) in [5.41, 5.74) is 9.61. The minimum atomic E-state index is 0.737. The van der Waals surface area contributed by atoms with E-state index in [0.29, 0.717) is 0 Å². The number of aryl methyl sites for hydroxylation is 1. The summed E-state index contributed by atoms with van der Waals surface area (Å²) in [5.74, 6) is 0. The Morgan fingerprint density at radius 2 is 2.16 bits per heavy atom. The molecule has 2 N–H and O–H groups in total. The largest absolute Gasteiger partial charge is 0.399 e. The molecular formula is C14H15N5. The van der Waals surface area contributed by atoms with Gasteiger partial charge in [0.05, 0.1) is 24.4 Å². The molecule has 0 aliphatic carbocycles. The first-order valence-corrected chi connectivity index (χ1v) is 6.19. The lowest BCUT2D eigenvalue weighted by Crippen LogP contribution is -1.96. The maximum absolute atomic E-state index is 5.83. The summed E-state index contributed by atoms with van der Waals surface area (Å²) in [6, 6.07) is 7.74. The number of hydrogen-bond donors (Lipinski definition) is 1. The molecule has 0 atom stereocenters. The van der Waals surface area contributed by atoms with E-state index in [1.54, 1.807) is 6.33 Å². The molecule has 0 aliphatic heterocycles. The zero-order valence-corrected chi connectivity index (χ0v) is 10.7. The van der Waals surface area contributed by atoms with Crippen molar-refractivity contribution in [1.82, 2.24) is 19.3 Å². The molecule has 3 rings (SSSR count). The van der Waals surface area contributed by atoms with E-state index in [1.807, 2.05) is 52.1 Å². The van der Waals surface area contributed by atoms with E-state index in [9.17, 15) is 0 Å². The maximum Gasteiger partial charge on any atom is 0.0997 e. The van der Waals surface area contributed by atoms with E-state index in [4.69, 9.17) is 5.73 Å². The summed E-state index contributed by atoms with van der Waals surface area (Å²) < 4.78 is 3.90. The van der Waals surface area contributed by atoms with Crippen LogP contribution in [-0.2, 0) is 6.54 Å². The van der Waals surface area contributed by atoms with Crippen molar-refractivity contribution in [3.05, 3.63) is 49.2 Å². The number of aromatic nitrogens is 4. The van der Waals surface area contributed by atoms with Crippen LogP contribution < -0.4 is 5.73 Å². The average molecular weight is 253 g/mol. The molecule has 0 unspecified atom stereocenters. The van der Waals surface area contributed by atoms with Gasteiger partial charge in [-0.2, -0.15) is 5.10 Å². The van der Waals surface area contributed by atoms with Crippen LogP contribution in [0.3, 0.4) is 0 Å². The molecule has 1 aromatic carbocycles. The minimum absolute atomic E-state index is 0.737. The van der Waals surface area contributed by atoms with Gasteiger partial charge in [0.2, 0.25) is 0 Å². The molecule has 5 nitrogen and oxygen atoms in total. The van der Waals surface area contributed by atoms with Crippen LogP contribution in [0.15, 0.2) is 49.2 Å². The number of imidazole rings is 1. The Hall–Kier alpha value is -2.56. The molecule has 0 radical (unpaired) electrons. The van der Waals surface area contributed by atoms with Crippen molar-refractivity contribution in [2.75, 3.05) is 5.73 Å². The van der Waals surface area contributed by atoms with Gasteiger partial charge in [-0.1, -0.05) is 6.07 Å². The lowest BCUT2D eigenvalue weighted by molar-refractivity contribution is 0.660. The lowest BCUT2D eigenvalue weighted by atomic mass is 10.2.